The zero-order chi connectivity index (χ0) is 19.4. The fourth-order valence-electron chi connectivity index (χ4n) is 3.63. The van der Waals surface area contributed by atoms with E-state index in [1.807, 2.05) is 31.6 Å². The van der Waals surface area contributed by atoms with Crippen LogP contribution in [0.4, 0.5) is 0 Å². The van der Waals surface area contributed by atoms with E-state index in [2.05, 4.69) is 54.2 Å². The molecular weight excluding hydrogens is 382 g/mol. The molecule has 0 saturated carbocycles. The van der Waals surface area contributed by atoms with E-state index in [0.717, 1.165) is 44.4 Å². The lowest BCUT2D eigenvalue weighted by atomic mass is 10.1. The van der Waals surface area contributed by atoms with E-state index in [4.69, 9.17) is 4.98 Å². The lowest BCUT2D eigenvalue weighted by Crippen LogP contribution is -1.84. The number of imidazole rings is 1. The van der Waals surface area contributed by atoms with Gasteiger partial charge in [0.2, 0.25) is 0 Å². The van der Waals surface area contributed by atoms with Gasteiger partial charge in [0.15, 0.2) is 11.5 Å². The quantitative estimate of drug-likeness (QED) is 0.456. The lowest BCUT2D eigenvalue weighted by Gasteiger charge is -1.99. The molecule has 0 bridgehead atoms. The molecule has 0 aliphatic heterocycles. The highest BCUT2D eigenvalue weighted by Crippen LogP contribution is 2.32. The van der Waals surface area contributed by atoms with Gasteiger partial charge in [0.25, 0.3) is 0 Å². The number of H-pyrrole nitrogens is 2. The molecule has 1 aromatic carbocycles. The van der Waals surface area contributed by atoms with Gasteiger partial charge in [-0.25, -0.2) is 9.97 Å². The van der Waals surface area contributed by atoms with Crippen molar-refractivity contribution in [3.63, 3.8) is 0 Å². The van der Waals surface area contributed by atoms with Crippen LogP contribution in [0.15, 0.2) is 59.7 Å². The number of fused-ring (bicyclic) bond motifs is 2. The van der Waals surface area contributed by atoms with Gasteiger partial charge in [-0.05, 0) is 46.2 Å². The number of nitrogens with one attached hydrogen (secondary N) is 2. The van der Waals surface area contributed by atoms with E-state index >= 15 is 0 Å². The molecule has 6 aromatic rings. The first-order valence-corrected chi connectivity index (χ1v) is 10.1. The average molecular weight is 397 g/mol. The molecule has 5 aromatic heterocycles. The third kappa shape index (κ3) is 2.57. The van der Waals surface area contributed by atoms with Gasteiger partial charge in [0.05, 0.1) is 17.2 Å². The highest BCUT2D eigenvalue weighted by molar-refractivity contribution is 7.08. The highest BCUT2D eigenvalue weighted by atomic mass is 32.1. The third-order valence-electron chi connectivity index (χ3n) is 5.05. The van der Waals surface area contributed by atoms with Gasteiger partial charge >= 0.3 is 0 Å². The summed E-state index contributed by atoms with van der Waals surface area (Å²) in [7, 11) is 1.91. The molecule has 0 amide bonds. The first-order valence-electron chi connectivity index (χ1n) is 9.11. The van der Waals surface area contributed by atoms with Crippen molar-refractivity contribution in [3.8, 4) is 33.8 Å². The number of rotatable bonds is 3. The summed E-state index contributed by atoms with van der Waals surface area (Å²) in [6.07, 6.45) is 5.65. The maximum atomic E-state index is 4.72. The minimum absolute atomic E-state index is 0.684. The zero-order valence-electron chi connectivity index (χ0n) is 15.4. The van der Waals surface area contributed by atoms with Crippen LogP contribution in [0.1, 0.15) is 0 Å². The largest absolute Gasteiger partial charge is 0.335 e. The Morgan fingerprint density at radius 1 is 1.07 bits per heavy atom. The van der Waals surface area contributed by atoms with Crippen molar-refractivity contribution in [1.29, 1.82) is 0 Å². The fourth-order valence-corrected chi connectivity index (χ4v) is 4.28. The number of nitrogens with zero attached hydrogens (tertiary/aromatic N) is 5. The molecule has 7 nitrogen and oxygen atoms in total. The molecule has 6 rings (SSSR count). The summed E-state index contributed by atoms with van der Waals surface area (Å²) >= 11 is 1.67. The van der Waals surface area contributed by atoms with Crippen LogP contribution in [0, 0.1) is 0 Å². The molecule has 29 heavy (non-hydrogen) atoms. The number of thiophene rings is 1. The maximum absolute atomic E-state index is 4.72. The van der Waals surface area contributed by atoms with E-state index in [1.54, 1.807) is 22.2 Å². The monoisotopic (exact) mass is 397 g/mol. The molecule has 0 aliphatic carbocycles. The van der Waals surface area contributed by atoms with Gasteiger partial charge in [0, 0.05) is 36.0 Å². The molecule has 0 unspecified atom stereocenters. The Kier molecular flexibility index (Phi) is 3.41. The van der Waals surface area contributed by atoms with Crippen molar-refractivity contribution in [2.24, 2.45) is 7.05 Å². The molecule has 0 atom stereocenters. The first kappa shape index (κ1) is 16.2. The second-order valence-corrected chi connectivity index (χ2v) is 7.67. The predicted molar refractivity (Wildman–Crippen MR) is 114 cm³/mol. The van der Waals surface area contributed by atoms with Crippen LogP contribution < -0.4 is 0 Å². The smallest absolute Gasteiger partial charge is 0.178 e. The van der Waals surface area contributed by atoms with Crippen molar-refractivity contribution in [1.82, 2.24) is 34.9 Å². The fraction of sp³-hybridized carbons (Fsp3) is 0.0476. The Morgan fingerprint density at radius 3 is 2.86 bits per heavy atom. The van der Waals surface area contributed by atoms with E-state index in [9.17, 15) is 0 Å². The first-order chi connectivity index (χ1) is 14.3. The van der Waals surface area contributed by atoms with E-state index in [0.29, 0.717) is 11.5 Å². The minimum atomic E-state index is 0.684. The van der Waals surface area contributed by atoms with Gasteiger partial charge in [0.1, 0.15) is 5.69 Å². The Balaban J connectivity index is 1.53. The van der Waals surface area contributed by atoms with Crippen molar-refractivity contribution in [3.05, 3.63) is 59.7 Å². The van der Waals surface area contributed by atoms with Crippen molar-refractivity contribution in [2.45, 2.75) is 0 Å². The van der Waals surface area contributed by atoms with Crippen molar-refractivity contribution in [2.75, 3.05) is 0 Å². The topological polar surface area (TPSA) is 88.1 Å². The van der Waals surface area contributed by atoms with Crippen LogP contribution in [-0.4, -0.2) is 34.9 Å². The van der Waals surface area contributed by atoms with Crippen LogP contribution in [0.5, 0.6) is 0 Å². The number of hydrogen-bond donors (Lipinski definition) is 2. The van der Waals surface area contributed by atoms with Gasteiger partial charge in [-0.2, -0.15) is 21.5 Å². The molecule has 5 heterocycles. The maximum Gasteiger partial charge on any atom is 0.178 e. The number of aryl methyl sites for hydroxylation is 1. The molecule has 0 fully saturated rings. The highest BCUT2D eigenvalue weighted by Gasteiger charge is 2.16. The number of aromatic nitrogens is 7. The molecule has 8 heteroatoms. The Morgan fingerprint density at radius 2 is 2.03 bits per heavy atom. The molecule has 140 valence electrons. The van der Waals surface area contributed by atoms with Crippen LogP contribution in [0.25, 0.3) is 55.8 Å². The van der Waals surface area contributed by atoms with Crippen LogP contribution in [-0.2, 0) is 7.05 Å². The summed E-state index contributed by atoms with van der Waals surface area (Å²) in [5, 5.41) is 17.1. The van der Waals surface area contributed by atoms with Crippen LogP contribution in [0.3, 0.4) is 0 Å². The van der Waals surface area contributed by atoms with Gasteiger partial charge in [-0.1, -0.05) is 6.07 Å². The summed E-state index contributed by atoms with van der Waals surface area (Å²) in [4.78, 5) is 12.6. The van der Waals surface area contributed by atoms with Gasteiger partial charge in [-0.3, -0.25) is 9.78 Å². The Hall–Kier alpha value is -3.78. The number of hydrogen-bond acceptors (Lipinski definition) is 5. The molecule has 0 radical (unpaired) electrons. The SMILES string of the molecule is Cn1cc(-c2ccc3[nH]nc(-c4nc5nccc(-c6ccsc6)c5[nH]4)c3c2)cn1. The molecule has 0 aliphatic rings. The summed E-state index contributed by atoms with van der Waals surface area (Å²) in [6, 6.07) is 10.3. The summed E-state index contributed by atoms with van der Waals surface area (Å²) < 4.78 is 1.80. The average Bonchev–Trinajstić information content (AvgIpc) is 3.51. The van der Waals surface area contributed by atoms with Crippen molar-refractivity contribution >= 4 is 33.4 Å². The second-order valence-electron chi connectivity index (χ2n) is 6.89. The summed E-state index contributed by atoms with van der Waals surface area (Å²) in [5.41, 5.74) is 7.73. The Bertz CT molecular complexity index is 1470. The normalized spacial score (nSPS) is 11.6. The molecule has 0 spiro atoms. The summed E-state index contributed by atoms with van der Waals surface area (Å²) in [6.45, 7) is 0. The van der Waals surface area contributed by atoms with E-state index < -0.39 is 0 Å². The van der Waals surface area contributed by atoms with E-state index in [1.165, 1.54) is 0 Å². The van der Waals surface area contributed by atoms with Gasteiger partial charge in [-0.15, -0.1) is 0 Å². The van der Waals surface area contributed by atoms with Gasteiger partial charge < -0.3 is 4.98 Å². The standard InChI is InChI=1S/C21H15N7S/c1-28-10-14(9-23-28)12-2-3-17-16(8-12)19(27-26-17)21-24-18-15(13-5-7-29-11-13)4-6-22-20(18)25-21/h2-11H,1H3,(H,26,27)(H,22,24,25). The number of benzene rings is 1. The van der Waals surface area contributed by atoms with Crippen LogP contribution >= 0.6 is 11.3 Å². The lowest BCUT2D eigenvalue weighted by molar-refractivity contribution is 0.768. The Labute approximate surface area is 169 Å². The van der Waals surface area contributed by atoms with Crippen molar-refractivity contribution < 1.29 is 0 Å². The number of pyridine rings is 1. The number of aromatic amines is 2. The zero-order valence-corrected chi connectivity index (χ0v) is 16.2. The summed E-state index contributed by atoms with van der Waals surface area (Å²) in [5.74, 6) is 0.699. The molecular formula is C21H15N7S. The minimum Gasteiger partial charge on any atom is -0.335 e. The third-order valence-corrected chi connectivity index (χ3v) is 5.73. The molecule has 2 N–H and O–H groups in total. The van der Waals surface area contributed by atoms with Crippen LogP contribution in [0.2, 0.25) is 0 Å². The van der Waals surface area contributed by atoms with E-state index in [-0.39, 0.29) is 0 Å². The predicted octanol–water partition coefficient (Wildman–Crippen LogP) is 4.63. The molecule has 0 saturated heterocycles. The second kappa shape index (κ2) is 6.11.